The van der Waals surface area contributed by atoms with E-state index in [1.807, 2.05) is 5.32 Å². The van der Waals surface area contributed by atoms with Crippen LogP contribution in [0.15, 0.2) is 48.5 Å². The lowest BCUT2D eigenvalue weighted by atomic mass is 10.1. The third kappa shape index (κ3) is 11.4. The minimum atomic E-state index is -1.42. The number of nitrogens with zero attached hydrogens (tertiary/aromatic N) is 1. The molecule has 43 heavy (non-hydrogen) atoms. The van der Waals surface area contributed by atoms with Crippen molar-refractivity contribution in [2.24, 2.45) is 5.73 Å². The zero-order chi connectivity index (χ0) is 32.1. The quantitative estimate of drug-likeness (QED) is 0.0544. The Balaban J connectivity index is 1.95. The highest BCUT2D eigenvalue weighted by Gasteiger charge is 2.28. The fourth-order valence-corrected chi connectivity index (χ4v) is 3.47. The number of carbonyl (C=O) groups is 6. The van der Waals surface area contributed by atoms with Crippen LogP contribution >= 0.6 is 0 Å². The van der Waals surface area contributed by atoms with Gasteiger partial charge in [0.2, 0.25) is 17.7 Å². The van der Waals surface area contributed by atoms with Gasteiger partial charge < -0.3 is 41.1 Å². The molecule has 0 aromatic heterocycles. The predicted octanol–water partition coefficient (Wildman–Crippen LogP) is 0.811. The number of rotatable bonds is 15. The normalized spacial score (nSPS) is 13.3. The standard InChI is InChI=1S/C26H30N6O11/c1-14(28-23(35)15(2)29-25(37)38)21(12-33)31-20(11-22(27)34)24(36)30-17-5-3-16(4-6-17)13-42-26(39)43-19-9-7-18(8-10-19)32(40)41/h3-10,12,14-15,20-21,29,31H,11,13H2,1-2H3,(H2,27,34)(H,28,35)(H,30,36)(H,37,38). The Morgan fingerprint density at radius 3 is 2.16 bits per heavy atom. The molecule has 2 aromatic rings. The summed E-state index contributed by atoms with van der Waals surface area (Å²) in [7, 11) is 0. The number of nitro groups is 1. The van der Waals surface area contributed by atoms with Crippen molar-refractivity contribution in [2.45, 2.75) is 51.0 Å². The Morgan fingerprint density at radius 1 is 1.00 bits per heavy atom. The highest BCUT2D eigenvalue weighted by Crippen LogP contribution is 2.18. The lowest BCUT2D eigenvalue weighted by molar-refractivity contribution is -0.384. The van der Waals surface area contributed by atoms with Crippen LogP contribution in [0.5, 0.6) is 5.75 Å². The topological polar surface area (TPSA) is 258 Å². The number of benzene rings is 2. The average molecular weight is 603 g/mol. The number of aldehydes is 1. The largest absolute Gasteiger partial charge is 0.514 e. The second kappa shape index (κ2) is 16.0. The van der Waals surface area contributed by atoms with E-state index in [4.69, 9.17) is 20.3 Å². The van der Waals surface area contributed by atoms with E-state index < -0.39 is 65.5 Å². The van der Waals surface area contributed by atoms with Crippen LogP contribution < -0.4 is 31.7 Å². The number of nitrogens with two attached hydrogens (primary N) is 1. The molecule has 0 aliphatic carbocycles. The Bertz CT molecular complexity index is 1330. The predicted molar refractivity (Wildman–Crippen MR) is 148 cm³/mol. The highest BCUT2D eigenvalue weighted by molar-refractivity contribution is 5.97. The molecule has 0 saturated carbocycles. The first-order valence-corrected chi connectivity index (χ1v) is 12.6. The lowest BCUT2D eigenvalue weighted by Gasteiger charge is -2.27. The first kappa shape index (κ1) is 33.6. The summed E-state index contributed by atoms with van der Waals surface area (Å²) in [5.41, 5.74) is 5.90. The molecule has 4 amide bonds. The average Bonchev–Trinajstić information content (AvgIpc) is 2.94. The Labute approximate surface area is 244 Å². The molecule has 2 rings (SSSR count). The molecule has 230 valence electrons. The number of hydrogen-bond donors (Lipinski definition) is 6. The van der Waals surface area contributed by atoms with Gasteiger partial charge in [0, 0.05) is 23.9 Å². The highest BCUT2D eigenvalue weighted by atomic mass is 16.7. The van der Waals surface area contributed by atoms with Gasteiger partial charge in [0.15, 0.2) is 0 Å². The third-order valence-corrected chi connectivity index (χ3v) is 5.73. The molecule has 2 aromatic carbocycles. The van der Waals surface area contributed by atoms with Crippen molar-refractivity contribution in [3.05, 3.63) is 64.2 Å². The molecule has 7 N–H and O–H groups in total. The molecule has 0 fully saturated rings. The van der Waals surface area contributed by atoms with Crippen LogP contribution in [0.3, 0.4) is 0 Å². The van der Waals surface area contributed by atoms with Gasteiger partial charge in [-0.3, -0.25) is 29.8 Å². The van der Waals surface area contributed by atoms with Crippen LogP contribution in [0.25, 0.3) is 0 Å². The van der Waals surface area contributed by atoms with Gasteiger partial charge >= 0.3 is 12.2 Å². The fraction of sp³-hybridized carbons (Fsp3) is 0.308. The van der Waals surface area contributed by atoms with Crippen LogP contribution in [0.2, 0.25) is 0 Å². The van der Waals surface area contributed by atoms with Crippen LogP contribution in [-0.2, 0) is 30.5 Å². The van der Waals surface area contributed by atoms with Crippen molar-refractivity contribution < 1.29 is 48.3 Å². The minimum absolute atomic E-state index is 0.0473. The summed E-state index contributed by atoms with van der Waals surface area (Å²) in [6, 6.07) is 6.39. The van der Waals surface area contributed by atoms with E-state index in [-0.39, 0.29) is 23.7 Å². The van der Waals surface area contributed by atoms with Crippen molar-refractivity contribution in [2.75, 3.05) is 5.32 Å². The van der Waals surface area contributed by atoms with Crippen LogP contribution in [0.1, 0.15) is 25.8 Å². The molecule has 0 aliphatic rings. The number of nitro benzene ring substituents is 1. The van der Waals surface area contributed by atoms with Crippen LogP contribution in [0.4, 0.5) is 21.0 Å². The monoisotopic (exact) mass is 602 g/mol. The van der Waals surface area contributed by atoms with E-state index >= 15 is 0 Å². The number of ether oxygens (including phenoxy) is 2. The first-order chi connectivity index (χ1) is 20.3. The van der Waals surface area contributed by atoms with E-state index in [2.05, 4.69) is 16.0 Å². The second-order valence-electron chi connectivity index (χ2n) is 9.10. The molecule has 4 unspecified atom stereocenters. The number of primary amides is 1. The SMILES string of the molecule is CC(NC(=O)O)C(=O)NC(C)C(C=O)NC(CC(N)=O)C(=O)Nc1ccc(COC(=O)Oc2ccc([N+](=O)[O-])cc2)cc1. The van der Waals surface area contributed by atoms with Crippen molar-refractivity contribution in [1.29, 1.82) is 0 Å². The maximum atomic E-state index is 12.9. The summed E-state index contributed by atoms with van der Waals surface area (Å²) < 4.78 is 9.96. The minimum Gasteiger partial charge on any atom is -0.465 e. The Hall–Kier alpha value is -5.58. The van der Waals surface area contributed by atoms with Crippen molar-refractivity contribution in [3.63, 3.8) is 0 Å². The Kier molecular flexibility index (Phi) is 12.5. The lowest BCUT2D eigenvalue weighted by Crippen LogP contribution is -2.57. The number of anilines is 1. The molecule has 0 heterocycles. The summed E-state index contributed by atoms with van der Waals surface area (Å²) in [5.74, 6) is -2.24. The maximum absolute atomic E-state index is 12.9. The van der Waals surface area contributed by atoms with E-state index in [0.717, 1.165) is 0 Å². The molecule has 0 saturated heterocycles. The number of amides is 4. The molecular weight excluding hydrogens is 572 g/mol. The molecule has 0 radical (unpaired) electrons. The number of nitrogens with one attached hydrogen (secondary N) is 4. The summed E-state index contributed by atoms with van der Waals surface area (Å²) in [6.45, 7) is 2.55. The number of non-ortho nitro benzene ring substituents is 1. The summed E-state index contributed by atoms with van der Waals surface area (Å²) in [4.78, 5) is 81.2. The smallest absolute Gasteiger partial charge is 0.465 e. The molecule has 17 nitrogen and oxygen atoms in total. The third-order valence-electron chi connectivity index (χ3n) is 5.73. The number of carbonyl (C=O) groups excluding carboxylic acids is 5. The van der Waals surface area contributed by atoms with E-state index in [0.29, 0.717) is 11.8 Å². The van der Waals surface area contributed by atoms with E-state index in [1.54, 1.807) is 0 Å². The van der Waals surface area contributed by atoms with Crippen LogP contribution in [-0.4, -0.2) is 70.5 Å². The van der Waals surface area contributed by atoms with Gasteiger partial charge in [-0.25, -0.2) is 9.59 Å². The van der Waals surface area contributed by atoms with Gasteiger partial charge in [0.25, 0.3) is 5.69 Å². The van der Waals surface area contributed by atoms with Gasteiger partial charge in [0.05, 0.1) is 23.4 Å². The number of carboxylic acid groups (broad SMARTS) is 1. The van der Waals surface area contributed by atoms with Gasteiger partial charge in [0.1, 0.15) is 24.7 Å². The summed E-state index contributed by atoms with van der Waals surface area (Å²) in [5, 5.41) is 29.1. The maximum Gasteiger partial charge on any atom is 0.514 e. The molecule has 4 atom stereocenters. The summed E-state index contributed by atoms with van der Waals surface area (Å²) >= 11 is 0. The van der Waals surface area contributed by atoms with Crippen molar-refractivity contribution >= 4 is 47.6 Å². The van der Waals surface area contributed by atoms with E-state index in [9.17, 15) is 38.9 Å². The van der Waals surface area contributed by atoms with Gasteiger partial charge in [-0.2, -0.15) is 0 Å². The molecule has 0 spiro atoms. The molecular formula is C26H30N6O11. The van der Waals surface area contributed by atoms with Gasteiger partial charge in [-0.1, -0.05) is 12.1 Å². The second-order valence-corrected chi connectivity index (χ2v) is 9.10. The number of hydrogen-bond acceptors (Lipinski definition) is 11. The van der Waals surface area contributed by atoms with E-state index in [1.165, 1.54) is 62.4 Å². The first-order valence-electron chi connectivity index (χ1n) is 12.6. The van der Waals surface area contributed by atoms with Gasteiger partial charge in [-0.15, -0.1) is 0 Å². The Morgan fingerprint density at radius 2 is 1.63 bits per heavy atom. The summed E-state index contributed by atoms with van der Waals surface area (Å²) in [6.07, 6.45) is -2.53. The van der Waals surface area contributed by atoms with Crippen molar-refractivity contribution in [3.8, 4) is 5.75 Å². The molecule has 17 heteroatoms. The van der Waals surface area contributed by atoms with Crippen molar-refractivity contribution in [1.82, 2.24) is 16.0 Å². The zero-order valence-electron chi connectivity index (χ0n) is 23.0. The van der Waals surface area contributed by atoms with Gasteiger partial charge in [-0.05, 0) is 43.7 Å². The molecule has 0 bridgehead atoms. The van der Waals surface area contributed by atoms with Crippen LogP contribution in [0, 0.1) is 10.1 Å². The zero-order valence-corrected chi connectivity index (χ0v) is 23.0. The fourth-order valence-electron chi connectivity index (χ4n) is 3.47. The molecule has 0 aliphatic heterocycles.